The van der Waals surface area contributed by atoms with E-state index in [1.807, 2.05) is 49.1 Å². The van der Waals surface area contributed by atoms with Crippen molar-refractivity contribution in [1.29, 1.82) is 0 Å². The van der Waals surface area contributed by atoms with Gasteiger partial charge in [0, 0.05) is 31.3 Å². The zero-order chi connectivity index (χ0) is 30.5. The highest BCUT2D eigenvalue weighted by molar-refractivity contribution is 5.94. The van der Waals surface area contributed by atoms with Crippen LogP contribution in [0.15, 0.2) is 54.6 Å². The third-order valence-corrected chi connectivity index (χ3v) is 8.08. The Hall–Kier alpha value is -4.15. The number of hydrogen-bond donors (Lipinski definition) is 2. The van der Waals surface area contributed by atoms with Gasteiger partial charge in [0.15, 0.2) is 18.3 Å². The monoisotopic (exact) mass is 592 g/mol. The van der Waals surface area contributed by atoms with Crippen molar-refractivity contribution >= 4 is 17.6 Å². The summed E-state index contributed by atoms with van der Waals surface area (Å²) < 4.78 is 36.2. The summed E-state index contributed by atoms with van der Waals surface area (Å²) in [6, 6.07) is 15.0. The van der Waals surface area contributed by atoms with Crippen LogP contribution in [0.25, 0.3) is 0 Å². The van der Waals surface area contributed by atoms with Gasteiger partial charge in [-0.05, 0) is 71.5 Å². The van der Waals surface area contributed by atoms with E-state index in [0.717, 1.165) is 11.1 Å². The van der Waals surface area contributed by atoms with Crippen LogP contribution >= 0.6 is 0 Å². The molecule has 0 aromatic heterocycles. The van der Waals surface area contributed by atoms with Gasteiger partial charge >= 0.3 is 5.97 Å². The van der Waals surface area contributed by atoms with E-state index < -0.39 is 23.8 Å². The summed E-state index contributed by atoms with van der Waals surface area (Å²) in [7, 11) is 1.53. The minimum atomic E-state index is -0.965. The molecule has 3 aromatic rings. The number of aliphatic carboxylic acids is 1. The van der Waals surface area contributed by atoms with Crippen molar-refractivity contribution in [2.24, 2.45) is 5.92 Å². The number of rotatable bonds is 11. The molecule has 0 radical (unpaired) electrons. The number of methoxy groups -OCH3 is 1. The molecule has 0 aliphatic carbocycles. The Balaban J connectivity index is 1.48. The summed E-state index contributed by atoms with van der Waals surface area (Å²) in [6.07, 6.45) is 1.11. The predicted molar refractivity (Wildman–Crippen MR) is 158 cm³/mol. The standard InChI is InChI=1S/C33H37FN2O7/c1-4-20-14-24(34)15-21(5-2)31(20)35-29(37)18-36-17-26(23-8-11-27-28(16-23)42-13-12-41-27)30(33(38)39)32(36)22-6-9-25(10-7-22)43-19-40-3/h6-11,14-16,26,30,32H,4-5,12-13,17-19H2,1-3H3,(H,35,37)(H,38,39)/t26-,30-,32+/m1/s1. The number of carboxylic acids is 1. The highest BCUT2D eigenvalue weighted by Gasteiger charge is 2.48. The van der Waals surface area contributed by atoms with Gasteiger partial charge in [-0.25, -0.2) is 4.39 Å². The number of nitrogens with zero attached hydrogens (tertiary/aromatic N) is 1. The fraction of sp³-hybridized carbons (Fsp3) is 0.394. The molecule has 1 saturated heterocycles. The topological polar surface area (TPSA) is 107 Å². The molecular formula is C33H37FN2O7. The second-order valence-electron chi connectivity index (χ2n) is 10.7. The van der Waals surface area contributed by atoms with E-state index in [1.54, 1.807) is 12.1 Å². The third kappa shape index (κ3) is 6.60. The molecule has 0 unspecified atom stereocenters. The van der Waals surface area contributed by atoms with Crippen LogP contribution in [0, 0.1) is 11.7 Å². The number of benzene rings is 3. The molecule has 3 atom stereocenters. The summed E-state index contributed by atoms with van der Waals surface area (Å²) in [5.74, 6) is -1.11. The first-order valence-corrected chi connectivity index (χ1v) is 14.5. The van der Waals surface area contributed by atoms with Gasteiger partial charge in [-0.15, -0.1) is 0 Å². The molecule has 5 rings (SSSR count). The summed E-state index contributed by atoms with van der Waals surface area (Å²) in [5.41, 5.74) is 3.59. The lowest BCUT2D eigenvalue weighted by Crippen LogP contribution is -2.35. The Morgan fingerprint density at radius 2 is 1.63 bits per heavy atom. The number of fused-ring (bicyclic) bond motifs is 1. The molecular weight excluding hydrogens is 555 g/mol. The number of carbonyl (C=O) groups is 2. The molecule has 1 amide bonds. The van der Waals surface area contributed by atoms with Crippen LogP contribution in [0.4, 0.5) is 10.1 Å². The van der Waals surface area contributed by atoms with Crippen LogP contribution in [0.5, 0.6) is 17.2 Å². The Morgan fingerprint density at radius 3 is 2.26 bits per heavy atom. The van der Waals surface area contributed by atoms with Gasteiger partial charge in [0.1, 0.15) is 24.8 Å². The number of nitrogens with one attached hydrogen (secondary N) is 1. The number of carbonyl (C=O) groups excluding carboxylic acids is 1. The lowest BCUT2D eigenvalue weighted by atomic mass is 9.82. The van der Waals surface area contributed by atoms with Crippen molar-refractivity contribution in [2.45, 2.75) is 38.6 Å². The van der Waals surface area contributed by atoms with Gasteiger partial charge in [-0.1, -0.05) is 32.0 Å². The lowest BCUT2D eigenvalue weighted by molar-refractivity contribution is -0.143. The Labute approximate surface area is 250 Å². The fourth-order valence-corrected chi connectivity index (χ4v) is 6.11. The van der Waals surface area contributed by atoms with Gasteiger partial charge in [0.2, 0.25) is 5.91 Å². The number of aryl methyl sites for hydroxylation is 2. The molecule has 2 N–H and O–H groups in total. The molecule has 1 fully saturated rings. The van der Waals surface area contributed by atoms with Gasteiger partial charge in [0.25, 0.3) is 0 Å². The Morgan fingerprint density at radius 1 is 0.977 bits per heavy atom. The number of anilines is 1. The zero-order valence-electron chi connectivity index (χ0n) is 24.6. The van der Waals surface area contributed by atoms with Crippen LogP contribution in [0.2, 0.25) is 0 Å². The SMILES string of the molecule is CCc1cc(F)cc(CC)c1NC(=O)CN1C[C@H](c2ccc3c(c2)OCCO3)[C@@H](C(=O)O)[C@@H]1c1ccc(OCOC)cc1. The van der Waals surface area contributed by atoms with Gasteiger partial charge < -0.3 is 29.4 Å². The van der Waals surface area contributed by atoms with Crippen LogP contribution in [-0.4, -0.2) is 62.1 Å². The number of likely N-dealkylation sites (tertiary alicyclic amines) is 1. The molecule has 0 bridgehead atoms. The van der Waals surface area contributed by atoms with Crippen LogP contribution in [-0.2, 0) is 27.2 Å². The van der Waals surface area contributed by atoms with Crippen molar-refractivity contribution in [2.75, 3.05) is 45.5 Å². The Bertz CT molecular complexity index is 1440. The highest BCUT2D eigenvalue weighted by Crippen LogP contribution is 2.47. The summed E-state index contributed by atoms with van der Waals surface area (Å²) >= 11 is 0. The molecule has 2 heterocycles. The van der Waals surface area contributed by atoms with Crippen molar-refractivity contribution < 1.29 is 38.0 Å². The minimum absolute atomic E-state index is 0.0545. The fourth-order valence-electron chi connectivity index (χ4n) is 6.11. The van der Waals surface area contributed by atoms with Crippen molar-refractivity contribution in [3.8, 4) is 17.2 Å². The molecule has 0 saturated carbocycles. The van der Waals surface area contributed by atoms with E-state index in [0.29, 0.717) is 66.7 Å². The minimum Gasteiger partial charge on any atom is -0.486 e. The van der Waals surface area contributed by atoms with Crippen molar-refractivity contribution in [3.05, 3.63) is 82.7 Å². The normalized spacial score (nSPS) is 19.7. The third-order valence-electron chi connectivity index (χ3n) is 8.08. The first-order chi connectivity index (χ1) is 20.8. The van der Waals surface area contributed by atoms with Crippen LogP contribution in [0.3, 0.4) is 0 Å². The molecule has 2 aliphatic heterocycles. The number of hydrogen-bond acceptors (Lipinski definition) is 7. The summed E-state index contributed by atoms with van der Waals surface area (Å²) in [5, 5.41) is 13.6. The smallest absolute Gasteiger partial charge is 0.309 e. The molecule has 3 aromatic carbocycles. The van der Waals surface area contributed by atoms with E-state index in [4.69, 9.17) is 18.9 Å². The maximum Gasteiger partial charge on any atom is 0.309 e. The lowest BCUT2D eigenvalue weighted by Gasteiger charge is -2.27. The van der Waals surface area contributed by atoms with Gasteiger partial charge in [0.05, 0.1) is 12.5 Å². The van der Waals surface area contributed by atoms with Gasteiger partial charge in [-0.3, -0.25) is 14.5 Å². The summed E-state index contributed by atoms with van der Waals surface area (Å²) in [4.78, 5) is 28.4. The Kier molecular flexibility index (Phi) is 9.47. The van der Waals surface area contributed by atoms with E-state index >= 15 is 0 Å². The number of ether oxygens (including phenoxy) is 4. The average Bonchev–Trinajstić information content (AvgIpc) is 3.39. The second kappa shape index (κ2) is 13.4. The quantitative estimate of drug-likeness (QED) is 0.293. The maximum absolute atomic E-state index is 14.2. The van der Waals surface area contributed by atoms with E-state index in [1.165, 1.54) is 19.2 Å². The number of carboxylic acid groups (broad SMARTS) is 1. The zero-order valence-corrected chi connectivity index (χ0v) is 24.6. The summed E-state index contributed by atoms with van der Waals surface area (Å²) in [6.45, 7) is 5.05. The predicted octanol–water partition coefficient (Wildman–Crippen LogP) is 5.18. The van der Waals surface area contributed by atoms with Gasteiger partial charge in [-0.2, -0.15) is 0 Å². The maximum atomic E-state index is 14.2. The largest absolute Gasteiger partial charge is 0.486 e. The van der Waals surface area contributed by atoms with Crippen molar-refractivity contribution in [3.63, 3.8) is 0 Å². The van der Waals surface area contributed by atoms with Crippen LogP contribution in [0.1, 0.15) is 48.1 Å². The molecule has 9 nitrogen and oxygen atoms in total. The van der Waals surface area contributed by atoms with E-state index in [9.17, 15) is 19.1 Å². The molecule has 10 heteroatoms. The molecule has 228 valence electrons. The second-order valence-corrected chi connectivity index (χ2v) is 10.7. The number of halogens is 1. The van der Waals surface area contributed by atoms with Crippen LogP contribution < -0.4 is 19.5 Å². The molecule has 2 aliphatic rings. The first-order valence-electron chi connectivity index (χ1n) is 14.5. The first kappa shape index (κ1) is 30.3. The number of amides is 1. The van der Waals surface area contributed by atoms with E-state index in [-0.39, 0.29) is 25.1 Å². The molecule has 0 spiro atoms. The average molecular weight is 593 g/mol. The molecule has 43 heavy (non-hydrogen) atoms. The van der Waals surface area contributed by atoms with Crippen molar-refractivity contribution in [1.82, 2.24) is 4.90 Å². The van der Waals surface area contributed by atoms with E-state index in [2.05, 4.69) is 5.32 Å². The highest BCUT2D eigenvalue weighted by atomic mass is 19.1.